The Bertz CT molecular complexity index is 1030. The predicted octanol–water partition coefficient (Wildman–Crippen LogP) is 2.46. The Labute approximate surface area is 179 Å². The number of hydrogen-bond donors (Lipinski definition) is 1. The van der Waals surface area contributed by atoms with Crippen molar-refractivity contribution in [3.8, 4) is 0 Å². The molecule has 3 aromatic rings. The molecule has 1 aliphatic rings. The molecule has 30 heavy (non-hydrogen) atoms. The van der Waals surface area contributed by atoms with Gasteiger partial charge in [0.05, 0.1) is 30.3 Å². The van der Waals surface area contributed by atoms with Crippen LogP contribution >= 0.6 is 11.3 Å². The van der Waals surface area contributed by atoms with Crippen molar-refractivity contribution in [3.63, 3.8) is 0 Å². The largest absolute Gasteiger partial charge is 0.379 e. The van der Waals surface area contributed by atoms with Crippen molar-refractivity contribution in [1.82, 2.24) is 19.4 Å². The molecular weight excluding hydrogens is 400 g/mol. The van der Waals surface area contributed by atoms with E-state index in [0.717, 1.165) is 37.3 Å². The van der Waals surface area contributed by atoms with Crippen LogP contribution in [-0.2, 0) is 22.6 Å². The number of imidazole rings is 1. The summed E-state index contributed by atoms with van der Waals surface area (Å²) in [6.45, 7) is 6.68. The molecule has 1 atom stereocenters. The van der Waals surface area contributed by atoms with Gasteiger partial charge in [-0.05, 0) is 30.5 Å². The third kappa shape index (κ3) is 4.35. The summed E-state index contributed by atoms with van der Waals surface area (Å²) in [6, 6.07) is 12.1. The van der Waals surface area contributed by atoms with Gasteiger partial charge in [0.25, 0.3) is 0 Å². The highest BCUT2D eigenvalue weighted by Gasteiger charge is 2.24. The molecule has 4 rings (SSSR count). The number of aryl methyl sites for hydroxylation is 2. The van der Waals surface area contributed by atoms with Gasteiger partial charge in [-0.2, -0.15) is 0 Å². The van der Waals surface area contributed by atoms with Gasteiger partial charge >= 0.3 is 5.69 Å². The van der Waals surface area contributed by atoms with Gasteiger partial charge in [0.1, 0.15) is 0 Å². The second-order valence-electron chi connectivity index (χ2n) is 7.40. The number of carbonyl (C=O) groups is 1. The number of fused-ring (bicyclic) bond motifs is 1. The molecule has 1 unspecified atom stereocenters. The summed E-state index contributed by atoms with van der Waals surface area (Å²) in [4.78, 5) is 29.0. The number of morpholine rings is 1. The van der Waals surface area contributed by atoms with E-state index in [9.17, 15) is 9.59 Å². The molecule has 7 nitrogen and oxygen atoms in total. The minimum Gasteiger partial charge on any atom is -0.379 e. The minimum atomic E-state index is -0.0590. The Balaban J connectivity index is 1.41. The molecule has 1 N–H and O–H groups in total. The zero-order valence-electron chi connectivity index (χ0n) is 17.3. The van der Waals surface area contributed by atoms with Crippen molar-refractivity contribution in [2.24, 2.45) is 0 Å². The average molecular weight is 429 g/mol. The maximum atomic E-state index is 12.7. The molecule has 1 aliphatic heterocycles. The summed E-state index contributed by atoms with van der Waals surface area (Å²) >= 11 is 1.71. The van der Waals surface area contributed by atoms with E-state index in [2.05, 4.69) is 21.7 Å². The van der Waals surface area contributed by atoms with Crippen molar-refractivity contribution in [2.45, 2.75) is 32.5 Å². The van der Waals surface area contributed by atoms with Crippen molar-refractivity contribution in [1.29, 1.82) is 0 Å². The molecule has 1 saturated heterocycles. The molecule has 0 bridgehead atoms. The van der Waals surface area contributed by atoms with E-state index in [1.54, 1.807) is 20.5 Å². The van der Waals surface area contributed by atoms with Crippen molar-refractivity contribution < 1.29 is 9.53 Å². The summed E-state index contributed by atoms with van der Waals surface area (Å²) < 4.78 is 8.93. The first-order chi connectivity index (χ1) is 14.7. The zero-order valence-corrected chi connectivity index (χ0v) is 18.1. The first-order valence-corrected chi connectivity index (χ1v) is 11.4. The van der Waals surface area contributed by atoms with Crippen LogP contribution in [0.4, 0.5) is 0 Å². The standard InChI is InChI=1S/C22H28N4O3S/c1-2-25-17-6-3-4-7-18(17)26(22(25)28)10-9-21(27)23-16-19(20-8-5-15-30-20)24-11-13-29-14-12-24/h3-8,15,19H,2,9-14,16H2,1H3,(H,23,27). The number of rotatable bonds is 8. The first-order valence-electron chi connectivity index (χ1n) is 10.5. The van der Waals surface area contributed by atoms with E-state index in [-0.39, 0.29) is 24.1 Å². The Hall–Kier alpha value is -2.42. The van der Waals surface area contributed by atoms with Gasteiger partial charge in [0, 0.05) is 44.0 Å². The fourth-order valence-electron chi connectivity index (χ4n) is 4.09. The monoisotopic (exact) mass is 428 g/mol. The number of benzene rings is 1. The molecular formula is C22H28N4O3S. The number of para-hydroxylation sites is 2. The fraction of sp³-hybridized carbons (Fsp3) is 0.455. The van der Waals surface area contributed by atoms with Crippen molar-refractivity contribution in [2.75, 3.05) is 32.8 Å². The van der Waals surface area contributed by atoms with Crippen LogP contribution in [0.1, 0.15) is 24.3 Å². The van der Waals surface area contributed by atoms with Crippen LogP contribution in [0.2, 0.25) is 0 Å². The molecule has 1 amide bonds. The number of thiophene rings is 1. The number of nitrogens with zero attached hydrogens (tertiary/aromatic N) is 3. The van der Waals surface area contributed by atoms with Crippen LogP contribution in [0.25, 0.3) is 11.0 Å². The smallest absolute Gasteiger partial charge is 0.329 e. The Kier molecular flexibility index (Phi) is 6.66. The number of nitrogens with one attached hydrogen (secondary N) is 1. The summed E-state index contributed by atoms with van der Waals surface area (Å²) in [7, 11) is 0. The first kappa shape index (κ1) is 20.8. The highest BCUT2D eigenvalue weighted by molar-refractivity contribution is 7.10. The van der Waals surface area contributed by atoms with Gasteiger partial charge in [-0.15, -0.1) is 11.3 Å². The van der Waals surface area contributed by atoms with Crippen LogP contribution in [0, 0.1) is 0 Å². The zero-order chi connectivity index (χ0) is 20.9. The van der Waals surface area contributed by atoms with Crippen LogP contribution in [0.3, 0.4) is 0 Å². The van der Waals surface area contributed by atoms with Crippen LogP contribution in [0.15, 0.2) is 46.6 Å². The van der Waals surface area contributed by atoms with E-state index in [1.807, 2.05) is 37.3 Å². The Morgan fingerprint density at radius 1 is 1.13 bits per heavy atom. The highest BCUT2D eigenvalue weighted by atomic mass is 32.1. The summed E-state index contributed by atoms with van der Waals surface area (Å²) in [5, 5.41) is 5.16. The molecule has 2 aromatic heterocycles. The predicted molar refractivity (Wildman–Crippen MR) is 119 cm³/mol. The Morgan fingerprint density at radius 2 is 1.87 bits per heavy atom. The summed E-state index contributed by atoms with van der Waals surface area (Å²) in [6.07, 6.45) is 0.276. The molecule has 0 aliphatic carbocycles. The lowest BCUT2D eigenvalue weighted by atomic mass is 10.2. The molecule has 8 heteroatoms. The van der Waals surface area contributed by atoms with Crippen molar-refractivity contribution in [3.05, 3.63) is 57.1 Å². The molecule has 160 valence electrons. The lowest BCUT2D eigenvalue weighted by Gasteiger charge is -2.34. The SMILES string of the molecule is CCn1c(=O)n(CCC(=O)NCC(c2cccs2)N2CCOCC2)c2ccccc21. The van der Waals surface area contributed by atoms with Crippen LogP contribution < -0.4 is 11.0 Å². The normalized spacial score (nSPS) is 16.0. The number of hydrogen-bond acceptors (Lipinski definition) is 5. The van der Waals surface area contributed by atoms with Gasteiger partial charge in [-0.3, -0.25) is 18.8 Å². The second-order valence-corrected chi connectivity index (χ2v) is 8.38. The number of amides is 1. The third-order valence-electron chi connectivity index (χ3n) is 5.65. The van der Waals surface area contributed by atoms with Gasteiger partial charge in [-0.25, -0.2) is 4.79 Å². The number of carbonyl (C=O) groups excluding carboxylic acids is 1. The highest BCUT2D eigenvalue weighted by Crippen LogP contribution is 2.25. The van der Waals surface area contributed by atoms with Gasteiger partial charge in [0.15, 0.2) is 0 Å². The van der Waals surface area contributed by atoms with E-state index >= 15 is 0 Å². The van der Waals surface area contributed by atoms with E-state index < -0.39 is 0 Å². The molecule has 0 spiro atoms. The maximum Gasteiger partial charge on any atom is 0.329 e. The second kappa shape index (κ2) is 9.59. The van der Waals surface area contributed by atoms with E-state index in [4.69, 9.17) is 4.74 Å². The van der Waals surface area contributed by atoms with Crippen LogP contribution in [-0.4, -0.2) is 52.8 Å². The number of ether oxygens (including phenoxy) is 1. The average Bonchev–Trinajstić information content (AvgIpc) is 3.39. The van der Waals surface area contributed by atoms with Crippen molar-refractivity contribution >= 4 is 28.3 Å². The van der Waals surface area contributed by atoms with E-state index in [0.29, 0.717) is 19.6 Å². The maximum absolute atomic E-state index is 12.7. The third-order valence-corrected chi connectivity index (χ3v) is 6.63. The number of aromatic nitrogens is 2. The summed E-state index contributed by atoms with van der Waals surface area (Å²) in [5.41, 5.74) is 1.73. The lowest BCUT2D eigenvalue weighted by molar-refractivity contribution is -0.121. The quantitative estimate of drug-likeness (QED) is 0.599. The molecule has 1 aromatic carbocycles. The molecule has 1 fully saturated rings. The topological polar surface area (TPSA) is 68.5 Å². The Morgan fingerprint density at radius 3 is 2.53 bits per heavy atom. The summed E-state index contributed by atoms with van der Waals surface area (Å²) in [5.74, 6) is -0.0370. The molecule has 3 heterocycles. The van der Waals surface area contributed by atoms with E-state index in [1.165, 1.54) is 4.88 Å². The lowest BCUT2D eigenvalue weighted by Crippen LogP contribution is -2.43. The fourth-order valence-corrected chi connectivity index (χ4v) is 4.95. The minimum absolute atomic E-state index is 0.0370. The van der Waals surface area contributed by atoms with Gasteiger partial charge < -0.3 is 10.1 Å². The van der Waals surface area contributed by atoms with Gasteiger partial charge in [-0.1, -0.05) is 18.2 Å². The van der Waals surface area contributed by atoms with Gasteiger partial charge in [0.2, 0.25) is 5.91 Å². The molecule has 0 saturated carbocycles. The van der Waals surface area contributed by atoms with Crippen LogP contribution in [0.5, 0.6) is 0 Å². The molecule has 0 radical (unpaired) electrons.